The van der Waals surface area contributed by atoms with Crippen molar-refractivity contribution >= 4 is 11.8 Å². The van der Waals surface area contributed by atoms with Gasteiger partial charge in [-0.2, -0.15) is 0 Å². The molecule has 2 heterocycles. The van der Waals surface area contributed by atoms with E-state index in [9.17, 15) is 14.0 Å². The second-order valence-corrected chi connectivity index (χ2v) is 7.46. The van der Waals surface area contributed by atoms with Crippen LogP contribution in [0.25, 0.3) is 0 Å². The zero-order valence-electron chi connectivity index (χ0n) is 15.5. The van der Waals surface area contributed by atoms with Crippen LogP contribution in [0.5, 0.6) is 0 Å². The fourth-order valence-corrected chi connectivity index (χ4v) is 3.88. The summed E-state index contributed by atoms with van der Waals surface area (Å²) in [6.07, 6.45) is 1.82. The third-order valence-corrected chi connectivity index (χ3v) is 5.20. The fraction of sp³-hybridized carbons (Fsp3) is 0.600. The molecule has 0 N–H and O–H groups in total. The summed E-state index contributed by atoms with van der Waals surface area (Å²) in [6, 6.07) is 6.03. The first-order valence-corrected chi connectivity index (χ1v) is 9.39. The van der Waals surface area contributed by atoms with Gasteiger partial charge in [0.1, 0.15) is 5.82 Å². The first-order chi connectivity index (χ1) is 12.4. The highest BCUT2D eigenvalue weighted by Gasteiger charge is 2.33. The number of amides is 2. The Morgan fingerprint density at radius 3 is 2.19 bits per heavy atom. The standard InChI is InChI=1S/C20H27FN2O3/c1-14-12-23(13-15(2)26-14)20(25)17-7-9-22(10-8-17)19(24)11-16-3-5-18(21)6-4-16/h3-6,14-15,17H,7-13H2,1-2H3. The third kappa shape index (κ3) is 4.61. The number of hydrogen-bond donors (Lipinski definition) is 0. The van der Waals surface area contributed by atoms with Gasteiger partial charge in [0.15, 0.2) is 0 Å². The molecule has 0 bridgehead atoms. The molecule has 0 spiro atoms. The highest BCUT2D eigenvalue weighted by atomic mass is 19.1. The summed E-state index contributed by atoms with van der Waals surface area (Å²) in [5.41, 5.74) is 0.811. The molecule has 0 radical (unpaired) electrons. The molecule has 2 amide bonds. The van der Waals surface area contributed by atoms with E-state index in [2.05, 4.69) is 0 Å². The molecule has 2 aliphatic heterocycles. The number of benzene rings is 1. The van der Waals surface area contributed by atoms with Gasteiger partial charge in [-0.25, -0.2) is 4.39 Å². The molecule has 3 rings (SSSR count). The van der Waals surface area contributed by atoms with Gasteiger partial charge >= 0.3 is 0 Å². The van der Waals surface area contributed by atoms with Crippen molar-refractivity contribution in [2.45, 2.75) is 45.3 Å². The quantitative estimate of drug-likeness (QED) is 0.829. The van der Waals surface area contributed by atoms with Crippen LogP contribution in [0.1, 0.15) is 32.3 Å². The second kappa shape index (κ2) is 8.16. The maximum atomic E-state index is 13.0. The van der Waals surface area contributed by atoms with Crippen molar-refractivity contribution in [2.24, 2.45) is 5.92 Å². The molecular weight excluding hydrogens is 335 g/mol. The summed E-state index contributed by atoms with van der Waals surface area (Å²) in [4.78, 5) is 28.9. The summed E-state index contributed by atoms with van der Waals surface area (Å²) in [7, 11) is 0. The number of rotatable bonds is 3. The van der Waals surface area contributed by atoms with Gasteiger partial charge in [0, 0.05) is 32.1 Å². The minimum atomic E-state index is -0.299. The van der Waals surface area contributed by atoms with Crippen molar-refractivity contribution < 1.29 is 18.7 Å². The maximum Gasteiger partial charge on any atom is 0.226 e. The predicted molar refractivity (Wildman–Crippen MR) is 96.0 cm³/mol. The van der Waals surface area contributed by atoms with Crippen molar-refractivity contribution in [3.05, 3.63) is 35.6 Å². The van der Waals surface area contributed by atoms with E-state index < -0.39 is 0 Å². The van der Waals surface area contributed by atoms with Gasteiger partial charge in [-0.1, -0.05) is 12.1 Å². The Morgan fingerprint density at radius 2 is 1.62 bits per heavy atom. The molecule has 6 heteroatoms. The Kier molecular flexibility index (Phi) is 5.91. The molecule has 5 nitrogen and oxygen atoms in total. The largest absolute Gasteiger partial charge is 0.372 e. The summed E-state index contributed by atoms with van der Waals surface area (Å²) >= 11 is 0. The van der Waals surface area contributed by atoms with Gasteiger partial charge < -0.3 is 14.5 Å². The van der Waals surface area contributed by atoms with E-state index >= 15 is 0 Å². The first-order valence-electron chi connectivity index (χ1n) is 9.39. The van der Waals surface area contributed by atoms with Crippen LogP contribution in [0.4, 0.5) is 4.39 Å². The third-order valence-electron chi connectivity index (χ3n) is 5.20. The molecule has 0 aromatic heterocycles. The van der Waals surface area contributed by atoms with E-state index in [1.807, 2.05) is 23.6 Å². The van der Waals surface area contributed by atoms with Crippen molar-refractivity contribution in [3.63, 3.8) is 0 Å². The molecule has 2 atom stereocenters. The van der Waals surface area contributed by atoms with Gasteiger partial charge in [-0.15, -0.1) is 0 Å². The number of piperidine rings is 1. The van der Waals surface area contributed by atoms with Crippen LogP contribution >= 0.6 is 0 Å². The molecule has 1 aromatic carbocycles. The van der Waals surface area contributed by atoms with Gasteiger partial charge in [0.05, 0.1) is 18.6 Å². The SMILES string of the molecule is CC1CN(C(=O)C2CCN(C(=O)Cc3ccc(F)cc3)CC2)CC(C)O1. The van der Waals surface area contributed by atoms with Crippen molar-refractivity contribution in [3.8, 4) is 0 Å². The Hall–Kier alpha value is -1.95. The van der Waals surface area contributed by atoms with E-state index in [0.29, 0.717) is 39.0 Å². The Morgan fingerprint density at radius 1 is 1.04 bits per heavy atom. The topological polar surface area (TPSA) is 49.9 Å². The van der Waals surface area contributed by atoms with Crippen LogP contribution in [0, 0.1) is 11.7 Å². The average molecular weight is 362 g/mol. The minimum Gasteiger partial charge on any atom is -0.372 e. The van der Waals surface area contributed by atoms with E-state index in [1.54, 1.807) is 12.1 Å². The Labute approximate surface area is 154 Å². The summed E-state index contributed by atoms with van der Waals surface area (Å²) in [6.45, 7) is 6.48. The molecule has 142 valence electrons. The zero-order valence-corrected chi connectivity index (χ0v) is 15.5. The van der Waals surface area contributed by atoms with Crippen LogP contribution < -0.4 is 0 Å². The molecule has 2 saturated heterocycles. The normalized spacial score (nSPS) is 24.6. The van der Waals surface area contributed by atoms with Gasteiger partial charge in [0.2, 0.25) is 11.8 Å². The van der Waals surface area contributed by atoms with E-state index in [1.165, 1.54) is 12.1 Å². The molecular formula is C20H27FN2O3. The molecule has 2 aliphatic rings. The lowest BCUT2D eigenvalue weighted by molar-refractivity contribution is -0.150. The monoisotopic (exact) mass is 362 g/mol. The van der Waals surface area contributed by atoms with Crippen molar-refractivity contribution in [2.75, 3.05) is 26.2 Å². The fourth-order valence-electron chi connectivity index (χ4n) is 3.88. The molecule has 26 heavy (non-hydrogen) atoms. The van der Waals surface area contributed by atoms with Crippen LogP contribution in [0.2, 0.25) is 0 Å². The van der Waals surface area contributed by atoms with Crippen LogP contribution in [0.3, 0.4) is 0 Å². The molecule has 2 fully saturated rings. The number of morpholine rings is 1. The second-order valence-electron chi connectivity index (χ2n) is 7.46. The van der Waals surface area contributed by atoms with E-state index in [4.69, 9.17) is 4.74 Å². The Bertz CT molecular complexity index is 631. The lowest BCUT2D eigenvalue weighted by Gasteiger charge is -2.39. The summed E-state index contributed by atoms with van der Waals surface area (Å²) in [5, 5.41) is 0. The minimum absolute atomic E-state index is 0.0117. The van der Waals surface area contributed by atoms with E-state index in [-0.39, 0.29) is 42.2 Å². The number of halogens is 1. The summed E-state index contributed by atoms with van der Waals surface area (Å²) < 4.78 is 18.7. The number of nitrogens with zero attached hydrogens (tertiary/aromatic N) is 2. The van der Waals surface area contributed by atoms with Crippen LogP contribution in [-0.2, 0) is 20.7 Å². The highest BCUT2D eigenvalue weighted by Crippen LogP contribution is 2.22. The van der Waals surface area contributed by atoms with Gasteiger partial charge in [-0.3, -0.25) is 9.59 Å². The van der Waals surface area contributed by atoms with Crippen molar-refractivity contribution in [1.29, 1.82) is 0 Å². The van der Waals surface area contributed by atoms with Gasteiger partial charge in [-0.05, 0) is 44.4 Å². The molecule has 0 aliphatic carbocycles. The zero-order chi connectivity index (χ0) is 18.7. The number of carbonyl (C=O) groups excluding carboxylic acids is 2. The number of hydrogen-bond acceptors (Lipinski definition) is 3. The smallest absolute Gasteiger partial charge is 0.226 e. The van der Waals surface area contributed by atoms with Crippen LogP contribution in [-0.4, -0.2) is 60.0 Å². The number of carbonyl (C=O) groups is 2. The molecule has 1 aromatic rings. The lowest BCUT2D eigenvalue weighted by atomic mass is 9.94. The average Bonchev–Trinajstić information content (AvgIpc) is 2.62. The summed E-state index contributed by atoms with van der Waals surface area (Å²) in [5.74, 6) is -0.0802. The predicted octanol–water partition coefficient (Wildman–Crippen LogP) is 2.24. The maximum absolute atomic E-state index is 13.0. The molecule has 0 saturated carbocycles. The Balaban J connectivity index is 1.49. The van der Waals surface area contributed by atoms with Crippen molar-refractivity contribution in [1.82, 2.24) is 9.80 Å². The number of ether oxygens (including phenoxy) is 1. The van der Waals surface area contributed by atoms with Crippen LogP contribution in [0.15, 0.2) is 24.3 Å². The molecule has 2 unspecified atom stereocenters. The number of likely N-dealkylation sites (tertiary alicyclic amines) is 1. The first kappa shape index (κ1) is 18.8. The lowest BCUT2D eigenvalue weighted by Crippen LogP contribution is -2.51. The van der Waals surface area contributed by atoms with Gasteiger partial charge in [0.25, 0.3) is 0 Å². The van der Waals surface area contributed by atoms with E-state index in [0.717, 1.165) is 5.56 Å². The highest BCUT2D eigenvalue weighted by molar-refractivity contribution is 5.81.